The third kappa shape index (κ3) is 5.53. The number of rotatable bonds is 3. The Kier molecular flexibility index (Phi) is 8.06. The highest BCUT2D eigenvalue weighted by Crippen LogP contribution is 2.45. The quantitative estimate of drug-likeness (QED) is 0.166. The van der Waals surface area contributed by atoms with Gasteiger partial charge in [-0.1, -0.05) is 123 Å². The lowest BCUT2D eigenvalue weighted by Gasteiger charge is -2.35. The van der Waals surface area contributed by atoms with Crippen molar-refractivity contribution in [3.8, 4) is 22.6 Å². The Morgan fingerprint density at radius 2 is 1.02 bits per heavy atom. The molecule has 13 rings (SSSR count). The lowest BCUT2D eigenvalue weighted by Crippen LogP contribution is -2.59. The van der Waals surface area contributed by atoms with E-state index in [0.29, 0.717) is 11.8 Å². The number of fused-ring (bicyclic) bond motifs is 11. The van der Waals surface area contributed by atoms with Crippen LogP contribution in [0.1, 0.15) is 140 Å². The fourth-order valence-electron chi connectivity index (χ4n) is 12.8. The van der Waals surface area contributed by atoms with Crippen LogP contribution in [0.25, 0.3) is 77.1 Å². The molecular weight excluding hydrogens is 763 g/mol. The summed E-state index contributed by atoms with van der Waals surface area (Å²) in [6.45, 7) is 14.2. The van der Waals surface area contributed by atoms with E-state index in [0.717, 1.165) is 22.2 Å². The van der Waals surface area contributed by atoms with Crippen molar-refractivity contribution in [2.24, 2.45) is 0 Å². The molecule has 4 aliphatic rings. The summed E-state index contributed by atoms with van der Waals surface area (Å²) in [5, 5.41) is 6.67. The van der Waals surface area contributed by atoms with Crippen molar-refractivity contribution in [1.82, 2.24) is 19.1 Å². The van der Waals surface area contributed by atoms with E-state index in [-0.39, 0.29) is 17.5 Å². The summed E-state index contributed by atoms with van der Waals surface area (Å²) >= 11 is 0. The molecule has 6 aromatic carbocycles. The zero-order chi connectivity index (χ0) is 42.5. The van der Waals surface area contributed by atoms with Crippen LogP contribution in [0.3, 0.4) is 0 Å². The Morgan fingerprint density at radius 3 is 1.52 bits per heavy atom. The first-order valence-electron chi connectivity index (χ1n) is 24.1. The fraction of sp³-hybridized carbons (Fsp3) is 0.345. The van der Waals surface area contributed by atoms with Crippen LogP contribution >= 0.6 is 0 Å². The highest BCUT2D eigenvalue weighted by atomic mass is 15.0. The van der Waals surface area contributed by atoms with Gasteiger partial charge in [-0.2, -0.15) is 0 Å². The molecule has 0 amide bonds. The van der Waals surface area contributed by atoms with Crippen molar-refractivity contribution in [3.63, 3.8) is 0 Å². The molecule has 2 fully saturated rings. The summed E-state index contributed by atoms with van der Waals surface area (Å²) in [6, 6.07) is 38.9. The molecule has 0 spiro atoms. The monoisotopic (exact) mass is 820 g/mol. The largest absolute Gasteiger partial charge is 0.310 e. The maximum atomic E-state index is 5.10. The molecule has 5 heterocycles. The lowest BCUT2D eigenvalue weighted by atomic mass is 9.34. The molecular formula is C58H57BN4. The van der Waals surface area contributed by atoms with Crippen LogP contribution in [0.2, 0.25) is 0 Å². The summed E-state index contributed by atoms with van der Waals surface area (Å²) in [5.41, 5.74) is 21.4. The summed E-state index contributed by atoms with van der Waals surface area (Å²) in [4.78, 5) is 9.84. The van der Waals surface area contributed by atoms with E-state index in [1.807, 2.05) is 0 Å². The summed E-state index contributed by atoms with van der Waals surface area (Å²) in [6.07, 6.45) is 14.9. The number of aromatic nitrogens is 4. The van der Waals surface area contributed by atoms with Gasteiger partial charge in [0.05, 0.1) is 22.2 Å². The minimum absolute atomic E-state index is 0.0347. The maximum Gasteiger partial charge on any atom is 0.252 e. The molecule has 5 heteroatoms. The zero-order valence-corrected chi connectivity index (χ0v) is 37.9. The van der Waals surface area contributed by atoms with E-state index in [1.165, 1.54) is 147 Å². The molecule has 4 nitrogen and oxygen atoms in total. The van der Waals surface area contributed by atoms with Crippen LogP contribution in [0, 0.1) is 0 Å². The third-order valence-electron chi connectivity index (χ3n) is 16.1. The molecule has 0 unspecified atom stereocenters. The van der Waals surface area contributed by atoms with Crippen LogP contribution in [-0.4, -0.2) is 25.8 Å². The molecule has 312 valence electrons. The molecule has 2 saturated carbocycles. The first kappa shape index (κ1) is 37.8. The van der Waals surface area contributed by atoms with E-state index in [1.54, 1.807) is 17.5 Å². The minimum atomic E-state index is 0.0347. The van der Waals surface area contributed by atoms with E-state index in [2.05, 4.69) is 148 Å². The molecule has 9 aromatic rings. The number of nitrogens with zero attached hydrogens (tertiary/aromatic N) is 4. The molecule has 2 aliphatic heterocycles. The number of benzene rings is 6. The van der Waals surface area contributed by atoms with Crippen molar-refractivity contribution in [2.45, 2.75) is 128 Å². The number of hydrogen-bond acceptors (Lipinski definition) is 2. The average molecular weight is 821 g/mol. The maximum absolute atomic E-state index is 5.10. The van der Waals surface area contributed by atoms with Crippen LogP contribution in [0.15, 0.2) is 103 Å². The van der Waals surface area contributed by atoms with Crippen LogP contribution in [0.5, 0.6) is 0 Å². The van der Waals surface area contributed by atoms with Gasteiger partial charge in [-0.3, -0.25) is 0 Å². The Hall–Kier alpha value is -5.68. The Morgan fingerprint density at radius 1 is 0.508 bits per heavy atom. The normalized spacial score (nSPS) is 16.9. The second-order valence-electron chi connectivity index (χ2n) is 21.9. The summed E-state index contributed by atoms with van der Waals surface area (Å²) in [5.74, 6) is 1.19. The smallest absolute Gasteiger partial charge is 0.252 e. The molecule has 63 heavy (non-hydrogen) atoms. The van der Waals surface area contributed by atoms with E-state index < -0.39 is 0 Å². The van der Waals surface area contributed by atoms with Crippen LogP contribution in [-0.2, 0) is 10.8 Å². The van der Waals surface area contributed by atoms with Crippen LogP contribution in [0.4, 0.5) is 0 Å². The van der Waals surface area contributed by atoms with Crippen molar-refractivity contribution < 1.29 is 0 Å². The summed E-state index contributed by atoms with van der Waals surface area (Å²) < 4.78 is 5.35. The average Bonchev–Trinajstić information content (AvgIpc) is 3.81. The second kappa shape index (κ2) is 13.4. The van der Waals surface area contributed by atoms with E-state index >= 15 is 0 Å². The van der Waals surface area contributed by atoms with E-state index in [9.17, 15) is 0 Å². The number of hydrogen-bond donors (Lipinski definition) is 0. The highest BCUT2D eigenvalue weighted by Gasteiger charge is 2.43. The van der Waals surface area contributed by atoms with Gasteiger partial charge in [0.2, 0.25) is 0 Å². The Balaban J connectivity index is 1.22. The molecule has 2 aliphatic carbocycles. The van der Waals surface area contributed by atoms with Crippen molar-refractivity contribution in [3.05, 3.63) is 126 Å². The molecule has 0 atom stereocenters. The Bertz CT molecular complexity index is 3200. The number of para-hydroxylation sites is 1. The minimum Gasteiger partial charge on any atom is -0.310 e. The third-order valence-corrected chi connectivity index (χ3v) is 16.1. The highest BCUT2D eigenvalue weighted by molar-refractivity contribution is 7.00. The van der Waals surface area contributed by atoms with Gasteiger partial charge in [-0.25, -0.2) is 9.97 Å². The second-order valence-corrected chi connectivity index (χ2v) is 21.9. The predicted octanol–water partition coefficient (Wildman–Crippen LogP) is 13.3. The SMILES string of the molecule is CC(C)(C)c1ccc2c(c1)c1cc(C3CCCCC3)cc3c1n2-c1cc(-c2ncnc4ccccc24)cc2c1B3c1cc(C3CCCCC3)cc3c4cc(C(C)(C)C)ccc4n-2c13. The lowest BCUT2D eigenvalue weighted by molar-refractivity contribution is 0.444. The van der Waals surface area contributed by atoms with Gasteiger partial charge >= 0.3 is 0 Å². The topological polar surface area (TPSA) is 35.6 Å². The van der Waals surface area contributed by atoms with Gasteiger partial charge < -0.3 is 9.13 Å². The van der Waals surface area contributed by atoms with Gasteiger partial charge in [0, 0.05) is 54.9 Å². The van der Waals surface area contributed by atoms with Gasteiger partial charge in [0.1, 0.15) is 6.33 Å². The van der Waals surface area contributed by atoms with Gasteiger partial charge in [0.15, 0.2) is 0 Å². The Labute approximate surface area is 371 Å². The van der Waals surface area contributed by atoms with E-state index in [4.69, 9.17) is 9.97 Å². The first-order valence-corrected chi connectivity index (χ1v) is 24.1. The predicted molar refractivity (Wildman–Crippen MR) is 267 cm³/mol. The van der Waals surface area contributed by atoms with Crippen LogP contribution < -0.4 is 16.4 Å². The zero-order valence-electron chi connectivity index (χ0n) is 37.9. The van der Waals surface area contributed by atoms with Gasteiger partial charge in [-0.15, -0.1) is 0 Å². The molecule has 3 aromatic heterocycles. The molecule has 0 radical (unpaired) electrons. The molecule has 0 saturated heterocycles. The van der Waals surface area contributed by atoms with Gasteiger partial charge in [-0.05, 0) is 142 Å². The van der Waals surface area contributed by atoms with Crippen molar-refractivity contribution in [2.75, 3.05) is 0 Å². The van der Waals surface area contributed by atoms with Crippen molar-refractivity contribution >= 4 is 77.6 Å². The van der Waals surface area contributed by atoms with Gasteiger partial charge in [0.25, 0.3) is 6.71 Å². The molecule has 0 N–H and O–H groups in total. The summed E-state index contributed by atoms with van der Waals surface area (Å²) in [7, 11) is 0. The van der Waals surface area contributed by atoms with Crippen molar-refractivity contribution in [1.29, 1.82) is 0 Å². The fourth-order valence-corrected chi connectivity index (χ4v) is 12.8. The first-order chi connectivity index (χ1) is 30.5. The molecule has 0 bridgehead atoms. The standard InChI is InChI=1S/C58H57BN4/c1-57(2,3)39-21-23-49-42(31-39)44-25-36(34-15-9-7-10-16-34)27-46-55(44)62(49)51-29-38(54-41-19-13-14-20-48(41)60-33-61-54)30-52-53(51)59(46)47-28-37(35-17-11-8-12-18-35)26-45-43-32-40(58(4,5)6)22-24-50(43)63(52)56(45)47/h13-14,19-35H,7-12,15-18H2,1-6H3.